The van der Waals surface area contributed by atoms with Crippen LogP contribution < -0.4 is 0 Å². The maximum Gasteiger partial charge on any atom is 0.247 e. The van der Waals surface area contributed by atoms with E-state index in [1.165, 1.54) is 9.36 Å². The van der Waals surface area contributed by atoms with Crippen LogP contribution in [0.4, 0.5) is 0 Å². The van der Waals surface area contributed by atoms with Crippen molar-refractivity contribution in [3.8, 4) is 0 Å². The van der Waals surface area contributed by atoms with Gasteiger partial charge in [-0.05, 0) is 12.1 Å². The summed E-state index contributed by atoms with van der Waals surface area (Å²) in [6, 6.07) is 3.43. The van der Waals surface area contributed by atoms with Gasteiger partial charge >= 0.3 is 0 Å². The van der Waals surface area contributed by atoms with E-state index in [0.717, 1.165) is 0 Å². The molecule has 0 aliphatic heterocycles. The Labute approximate surface area is 114 Å². The van der Waals surface area contributed by atoms with Gasteiger partial charge in [-0.2, -0.15) is 22.0 Å². The second-order valence-electron chi connectivity index (χ2n) is 3.80. The fourth-order valence-corrected chi connectivity index (χ4v) is 2.32. The number of aromatic nitrogens is 4. The van der Waals surface area contributed by atoms with Crippen LogP contribution in [0.3, 0.4) is 0 Å². The molecule has 0 saturated heterocycles. The largest absolute Gasteiger partial charge is 0.273 e. The molecular weight excluding hydrogens is 264 g/mol. The molecule has 19 heavy (non-hydrogen) atoms. The van der Waals surface area contributed by atoms with E-state index in [0.29, 0.717) is 24.3 Å². The Morgan fingerprint density at radius 3 is 1.74 bits per heavy atom. The molecule has 7 heteroatoms. The van der Waals surface area contributed by atoms with Crippen molar-refractivity contribution in [3.63, 3.8) is 0 Å². The Balaban J connectivity index is 1.60. The first-order valence-electron chi connectivity index (χ1n) is 5.91. The summed E-state index contributed by atoms with van der Waals surface area (Å²) in [4.78, 5) is 23.2. The molecule has 0 spiro atoms. The third-order valence-electron chi connectivity index (χ3n) is 2.44. The van der Waals surface area contributed by atoms with Gasteiger partial charge in [-0.15, -0.1) is 0 Å². The Bertz CT molecular complexity index is 474. The van der Waals surface area contributed by atoms with E-state index in [-0.39, 0.29) is 11.8 Å². The monoisotopic (exact) mass is 278 g/mol. The first-order valence-corrected chi connectivity index (χ1v) is 7.06. The molecule has 2 heterocycles. The number of nitrogens with zero attached hydrogens (tertiary/aromatic N) is 4. The molecule has 0 fully saturated rings. The van der Waals surface area contributed by atoms with E-state index < -0.39 is 0 Å². The molecule has 0 N–H and O–H groups in total. The van der Waals surface area contributed by atoms with Crippen LogP contribution in [-0.4, -0.2) is 42.9 Å². The van der Waals surface area contributed by atoms with Gasteiger partial charge in [0.05, 0.1) is 0 Å². The SMILES string of the molecule is O=C(CCSCCC(=O)n1cccn1)n1cccn1. The second kappa shape index (κ2) is 6.89. The molecule has 0 bridgehead atoms. The minimum Gasteiger partial charge on any atom is -0.273 e. The third kappa shape index (κ3) is 4.06. The van der Waals surface area contributed by atoms with E-state index in [1.54, 1.807) is 48.7 Å². The van der Waals surface area contributed by atoms with Gasteiger partial charge in [0.25, 0.3) is 0 Å². The summed E-state index contributed by atoms with van der Waals surface area (Å²) in [6.45, 7) is 0. The van der Waals surface area contributed by atoms with Crippen molar-refractivity contribution in [3.05, 3.63) is 36.9 Å². The summed E-state index contributed by atoms with van der Waals surface area (Å²) in [7, 11) is 0. The molecule has 0 atom stereocenters. The van der Waals surface area contributed by atoms with Gasteiger partial charge in [0.15, 0.2) is 0 Å². The Morgan fingerprint density at radius 2 is 1.37 bits per heavy atom. The molecule has 2 aromatic heterocycles. The molecule has 0 amide bonds. The Kier molecular flexibility index (Phi) is 4.91. The highest BCUT2D eigenvalue weighted by Gasteiger charge is 2.06. The smallest absolute Gasteiger partial charge is 0.247 e. The predicted molar refractivity (Wildman–Crippen MR) is 72.3 cm³/mol. The number of hydrogen-bond acceptors (Lipinski definition) is 5. The molecule has 100 valence electrons. The predicted octanol–water partition coefficient (Wildman–Crippen LogP) is 1.57. The van der Waals surface area contributed by atoms with E-state index in [9.17, 15) is 9.59 Å². The highest BCUT2D eigenvalue weighted by molar-refractivity contribution is 7.99. The molecule has 6 nitrogen and oxygen atoms in total. The van der Waals surface area contributed by atoms with Crippen LogP contribution in [0, 0.1) is 0 Å². The fourth-order valence-electron chi connectivity index (χ4n) is 1.48. The lowest BCUT2D eigenvalue weighted by atomic mass is 10.4. The van der Waals surface area contributed by atoms with Gasteiger partial charge in [0.2, 0.25) is 11.8 Å². The average Bonchev–Trinajstić information content (AvgIpc) is 3.10. The van der Waals surface area contributed by atoms with Crippen LogP contribution in [-0.2, 0) is 0 Å². The maximum atomic E-state index is 11.6. The van der Waals surface area contributed by atoms with Crippen LogP contribution in [0.2, 0.25) is 0 Å². The second-order valence-corrected chi connectivity index (χ2v) is 5.03. The van der Waals surface area contributed by atoms with Gasteiger partial charge in [-0.3, -0.25) is 9.59 Å². The first-order chi connectivity index (χ1) is 9.27. The molecule has 2 rings (SSSR count). The molecular formula is C12H14N4O2S. The van der Waals surface area contributed by atoms with Gasteiger partial charge in [0.1, 0.15) is 0 Å². The van der Waals surface area contributed by atoms with E-state index in [1.807, 2.05) is 0 Å². The molecule has 0 radical (unpaired) electrons. The third-order valence-corrected chi connectivity index (χ3v) is 3.43. The maximum absolute atomic E-state index is 11.6. The lowest BCUT2D eigenvalue weighted by molar-refractivity contribution is 0.0888. The normalized spacial score (nSPS) is 10.5. The molecule has 0 aliphatic carbocycles. The lowest BCUT2D eigenvalue weighted by Gasteiger charge is -2.02. The topological polar surface area (TPSA) is 69.8 Å². The minimum absolute atomic E-state index is 0.0316. The van der Waals surface area contributed by atoms with Crippen molar-refractivity contribution in [2.75, 3.05) is 11.5 Å². The zero-order valence-electron chi connectivity index (χ0n) is 10.3. The summed E-state index contributed by atoms with van der Waals surface area (Å²) < 4.78 is 2.66. The van der Waals surface area contributed by atoms with Gasteiger partial charge < -0.3 is 0 Å². The van der Waals surface area contributed by atoms with Crippen LogP contribution in [0.25, 0.3) is 0 Å². The summed E-state index contributed by atoms with van der Waals surface area (Å²) in [5, 5.41) is 7.74. The van der Waals surface area contributed by atoms with Crippen molar-refractivity contribution in [1.29, 1.82) is 0 Å². The summed E-state index contributed by atoms with van der Waals surface area (Å²) in [6.07, 6.45) is 7.26. The zero-order chi connectivity index (χ0) is 13.5. The molecule has 2 aromatic rings. The van der Waals surface area contributed by atoms with Crippen LogP contribution >= 0.6 is 11.8 Å². The van der Waals surface area contributed by atoms with Gasteiger partial charge in [0, 0.05) is 49.1 Å². The number of carbonyl (C=O) groups is 2. The number of carbonyl (C=O) groups excluding carboxylic acids is 2. The summed E-state index contributed by atoms with van der Waals surface area (Å²) >= 11 is 1.58. The molecule has 0 aliphatic rings. The quantitative estimate of drug-likeness (QED) is 0.750. The standard InChI is InChI=1S/C12H14N4O2S/c17-11(15-7-1-5-13-15)3-9-19-10-4-12(18)16-8-2-6-14-16/h1-2,5-8H,3-4,9-10H2. The van der Waals surface area contributed by atoms with E-state index in [2.05, 4.69) is 10.2 Å². The van der Waals surface area contributed by atoms with Gasteiger partial charge in [-0.1, -0.05) is 0 Å². The molecule has 0 saturated carbocycles. The highest BCUT2D eigenvalue weighted by atomic mass is 32.2. The zero-order valence-corrected chi connectivity index (χ0v) is 11.1. The van der Waals surface area contributed by atoms with Crippen molar-refractivity contribution < 1.29 is 9.59 Å². The summed E-state index contributed by atoms with van der Waals surface area (Å²) in [5.74, 6) is 1.31. The van der Waals surface area contributed by atoms with E-state index in [4.69, 9.17) is 0 Å². The van der Waals surface area contributed by atoms with Crippen molar-refractivity contribution in [2.45, 2.75) is 12.8 Å². The van der Waals surface area contributed by atoms with Crippen LogP contribution in [0.5, 0.6) is 0 Å². The van der Waals surface area contributed by atoms with Crippen LogP contribution in [0.1, 0.15) is 22.4 Å². The average molecular weight is 278 g/mol. The lowest BCUT2D eigenvalue weighted by Crippen LogP contribution is -2.13. The minimum atomic E-state index is -0.0316. The molecule has 0 aromatic carbocycles. The highest BCUT2D eigenvalue weighted by Crippen LogP contribution is 2.06. The number of rotatable bonds is 6. The first kappa shape index (κ1) is 13.5. The summed E-state index contributed by atoms with van der Waals surface area (Å²) in [5.41, 5.74) is 0. The van der Waals surface area contributed by atoms with Gasteiger partial charge in [-0.25, -0.2) is 9.36 Å². The van der Waals surface area contributed by atoms with Crippen LogP contribution in [0.15, 0.2) is 36.9 Å². The number of hydrogen-bond donors (Lipinski definition) is 0. The molecule has 0 unspecified atom stereocenters. The Hall–Kier alpha value is -1.89. The van der Waals surface area contributed by atoms with E-state index >= 15 is 0 Å². The van der Waals surface area contributed by atoms with Crippen molar-refractivity contribution in [2.24, 2.45) is 0 Å². The Morgan fingerprint density at radius 1 is 0.895 bits per heavy atom. The van der Waals surface area contributed by atoms with Crippen molar-refractivity contribution >= 4 is 23.6 Å². The fraction of sp³-hybridized carbons (Fsp3) is 0.333. The van der Waals surface area contributed by atoms with Crippen molar-refractivity contribution in [1.82, 2.24) is 19.6 Å². The number of thioether (sulfide) groups is 1.